The molecule has 0 amide bonds. The number of aldehydes is 1. The van der Waals surface area contributed by atoms with Crippen molar-refractivity contribution < 1.29 is 9.53 Å². The fraction of sp³-hybridized carbons (Fsp3) is 0.286. The fourth-order valence-corrected chi connectivity index (χ4v) is 2.01. The lowest BCUT2D eigenvalue weighted by Gasteiger charge is -2.13. The van der Waals surface area contributed by atoms with E-state index in [2.05, 4.69) is 18.9 Å². The third kappa shape index (κ3) is 2.01. The quantitative estimate of drug-likeness (QED) is 0.777. The van der Waals surface area contributed by atoms with E-state index in [1.807, 2.05) is 22.9 Å². The van der Waals surface area contributed by atoms with E-state index in [1.54, 1.807) is 19.4 Å². The molecular weight excluding hydrogens is 228 g/mol. The van der Waals surface area contributed by atoms with Crippen LogP contribution in [0.25, 0.3) is 11.3 Å². The molecule has 0 aliphatic rings. The normalized spacial score (nSPS) is 10.7. The van der Waals surface area contributed by atoms with Gasteiger partial charge in [-0.05, 0) is 26.0 Å². The molecule has 18 heavy (non-hydrogen) atoms. The molecule has 2 rings (SSSR count). The van der Waals surface area contributed by atoms with E-state index in [4.69, 9.17) is 4.74 Å². The third-order valence-electron chi connectivity index (χ3n) is 2.84. The highest BCUT2D eigenvalue weighted by Crippen LogP contribution is 2.30. The zero-order valence-corrected chi connectivity index (χ0v) is 10.8. The molecule has 0 aliphatic carbocycles. The summed E-state index contributed by atoms with van der Waals surface area (Å²) in [6.45, 7) is 4.11. The fourth-order valence-electron chi connectivity index (χ4n) is 2.01. The molecule has 1 aromatic heterocycles. The predicted molar refractivity (Wildman–Crippen MR) is 70.0 cm³/mol. The predicted octanol–water partition coefficient (Wildman–Crippen LogP) is 2.95. The van der Waals surface area contributed by atoms with Gasteiger partial charge >= 0.3 is 0 Å². The van der Waals surface area contributed by atoms with Crippen molar-refractivity contribution >= 4 is 6.29 Å². The Hall–Kier alpha value is -2.10. The highest BCUT2D eigenvalue weighted by molar-refractivity contribution is 5.90. The van der Waals surface area contributed by atoms with Crippen LogP contribution in [0.2, 0.25) is 0 Å². The van der Waals surface area contributed by atoms with E-state index < -0.39 is 0 Å². The van der Waals surface area contributed by atoms with Gasteiger partial charge in [0.15, 0.2) is 6.29 Å². The molecule has 1 heterocycles. The van der Waals surface area contributed by atoms with E-state index in [-0.39, 0.29) is 6.04 Å². The number of hydrogen-bond acceptors (Lipinski definition) is 3. The van der Waals surface area contributed by atoms with Crippen molar-refractivity contribution in [3.8, 4) is 17.0 Å². The SMILES string of the molecule is COc1cccc(-c2ccnn2C(C)C)c1C=O. The second kappa shape index (κ2) is 5.04. The summed E-state index contributed by atoms with van der Waals surface area (Å²) in [6.07, 6.45) is 2.56. The van der Waals surface area contributed by atoms with Gasteiger partial charge in [-0.1, -0.05) is 12.1 Å². The molecule has 0 spiro atoms. The molecule has 0 saturated heterocycles. The highest BCUT2D eigenvalue weighted by atomic mass is 16.5. The van der Waals surface area contributed by atoms with Crippen molar-refractivity contribution in [1.29, 1.82) is 0 Å². The Morgan fingerprint density at radius 3 is 2.72 bits per heavy atom. The molecule has 1 aromatic carbocycles. The molecular formula is C14H16N2O2. The Bertz CT molecular complexity index is 559. The number of hydrogen-bond donors (Lipinski definition) is 0. The molecule has 0 unspecified atom stereocenters. The van der Waals surface area contributed by atoms with Crippen LogP contribution in [0.15, 0.2) is 30.5 Å². The standard InChI is InChI=1S/C14H16N2O2/c1-10(2)16-13(7-8-15-16)11-5-4-6-14(18-3)12(11)9-17/h4-10H,1-3H3. The second-order valence-electron chi connectivity index (χ2n) is 4.29. The zero-order chi connectivity index (χ0) is 13.1. The Kier molecular flexibility index (Phi) is 3.46. The van der Waals surface area contributed by atoms with E-state index in [0.29, 0.717) is 11.3 Å². The molecule has 0 radical (unpaired) electrons. The van der Waals surface area contributed by atoms with Gasteiger partial charge in [-0.3, -0.25) is 9.48 Å². The molecule has 0 fully saturated rings. The molecule has 0 N–H and O–H groups in total. The van der Waals surface area contributed by atoms with Crippen LogP contribution < -0.4 is 4.74 Å². The van der Waals surface area contributed by atoms with Gasteiger partial charge in [0.25, 0.3) is 0 Å². The molecule has 0 atom stereocenters. The molecule has 4 nitrogen and oxygen atoms in total. The number of carbonyl (C=O) groups excluding carboxylic acids is 1. The summed E-state index contributed by atoms with van der Waals surface area (Å²) in [5, 5.41) is 4.28. The monoisotopic (exact) mass is 244 g/mol. The summed E-state index contributed by atoms with van der Waals surface area (Å²) in [4.78, 5) is 11.3. The molecule has 2 aromatic rings. The Morgan fingerprint density at radius 2 is 2.11 bits per heavy atom. The summed E-state index contributed by atoms with van der Waals surface area (Å²) in [5.41, 5.74) is 2.32. The van der Waals surface area contributed by atoms with Crippen LogP contribution in [0.5, 0.6) is 5.75 Å². The number of aromatic nitrogens is 2. The van der Waals surface area contributed by atoms with Crippen molar-refractivity contribution in [3.63, 3.8) is 0 Å². The van der Waals surface area contributed by atoms with Crippen molar-refractivity contribution in [2.75, 3.05) is 7.11 Å². The van der Waals surface area contributed by atoms with Crippen LogP contribution in [0.1, 0.15) is 30.2 Å². The third-order valence-corrected chi connectivity index (χ3v) is 2.84. The minimum atomic E-state index is 0.237. The summed E-state index contributed by atoms with van der Waals surface area (Å²) >= 11 is 0. The van der Waals surface area contributed by atoms with Crippen LogP contribution in [0.3, 0.4) is 0 Å². The lowest BCUT2D eigenvalue weighted by molar-refractivity contribution is 0.112. The first kappa shape index (κ1) is 12.4. The van der Waals surface area contributed by atoms with Gasteiger partial charge in [-0.15, -0.1) is 0 Å². The lowest BCUT2D eigenvalue weighted by Crippen LogP contribution is -2.06. The second-order valence-corrected chi connectivity index (χ2v) is 4.29. The van der Waals surface area contributed by atoms with E-state index in [1.165, 1.54) is 0 Å². The van der Waals surface area contributed by atoms with Crippen molar-refractivity contribution in [1.82, 2.24) is 9.78 Å². The molecule has 0 bridgehead atoms. The van der Waals surface area contributed by atoms with Crippen LogP contribution in [0, 0.1) is 0 Å². The maximum atomic E-state index is 11.3. The first-order valence-electron chi connectivity index (χ1n) is 5.85. The lowest BCUT2D eigenvalue weighted by atomic mass is 10.0. The number of ether oxygens (including phenoxy) is 1. The van der Waals surface area contributed by atoms with Gasteiger partial charge < -0.3 is 4.74 Å². The first-order chi connectivity index (χ1) is 8.69. The average Bonchev–Trinajstić information content (AvgIpc) is 2.86. The minimum absolute atomic E-state index is 0.237. The van der Waals surface area contributed by atoms with Gasteiger partial charge in [0.05, 0.1) is 18.4 Å². The number of methoxy groups -OCH3 is 1. The Labute approximate surface area is 106 Å². The smallest absolute Gasteiger partial charge is 0.154 e. The number of carbonyl (C=O) groups is 1. The summed E-state index contributed by atoms with van der Waals surface area (Å²) in [6, 6.07) is 7.70. The van der Waals surface area contributed by atoms with Crippen molar-refractivity contribution in [2.24, 2.45) is 0 Å². The summed E-state index contributed by atoms with van der Waals surface area (Å²) in [5.74, 6) is 0.582. The summed E-state index contributed by atoms with van der Waals surface area (Å²) < 4.78 is 7.11. The zero-order valence-electron chi connectivity index (χ0n) is 10.8. The van der Waals surface area contributed by atoms with E-state index in [0.717, 1.165) is 17.5 Å². The average molecular weight is 244 g/mol. The maximum absolute atomic E-state index is 11.3. The largest absolute Gasteiger partial charge is 0.496 e. The molecule has 94 valence electrons. The van der Waals surface area contributed by atoms with Crippen LogP contribution in [0.4, 0.5) is 0 Å². The van der Waals surface area contributed by atoms with Gasteiger partial charge in [-0.2, -0.15) is 5.10 Å². The van der Waals surface area contributed by atoms with Gasteiger partial charge in [0, 0.05) is 17.8 Å². The number of rotatable bonds is 4. The van der Waals surface area contributed by atoms with Crippen LogP contribution in [-0.2, 0) is 0 Å². The van der Waals surface area contributed by atoms with Crippen molar-refractivity contribution in [3.05, 3.63) is 36.0 Å². The number of nitrogens with zero attached hydrogens (tertiary/aromatic N) is 2. The van der Waals surface area contributed by atoms with E-state index >= 15 is 0 Å². The topological polar surface area (TPSA) is 44.1 Å². The molecule has 4 heteroatoms. The van der Waals surface area contributed by atoms with E-state index in [9.17, 15) is 4.79 Å². The Balaban J connectivity index is 2.63. The first-order valence-corrected chi connectivity index (χ1v) is 5.85. The summed E-state index contributed by atoms with van der Waals surface area (Å²) in [7, 11) is 1.56. The molecule has 0 saturated carbocycles. The van der Waals surface area contributed by atoms with Gasteiger partial charge in [0.1, 0.15) is 5.75 Å². The minimum Gasteiger partial charge on any atom is -0.496 e. The van der Waals surface area contributed by atoms with Crippen molar-refractivity contribution in [2.45, 2.75) is 19.9 Å². The van der Waals surface area contributed by atoms with Crippen LogP contribution >= 0.6 is 0 Å². The Morgan fingerprint density at radius 1 is 1.33 bits per heavy atom. The highest BCUT2D eigenvalue weighted by Gasteiger charge is 2.14. The maximum Gasteiger partial charge on any atom is 0.154 e. The molecule has 0 aliphatic heterocycles. The van der Waals surface area contributed by atoms with Gasteiger partial charge in [0.2, 0.25) is 0 Å². The van der Waals surface area contributed by atoms with Gasteiger partial charge in [-0.25, -0.2) is 0 Å². The number of benzene rings is 1. The van der Waals surface area contributed by atoms with Crippen LogP contribution in [-0.4, -0.2) is 23.2 Å².